The lowest BCUT2D eigenvalue weighted by Gasteiger charge is -2.23. The molecule has 0 radical (unpaired) electrons. The Kier molecular flexibility index (Phi) is 3.97. The Bertz CT molecular complexity index is 641. The number of hydrogen-bond acceptors (Lipinski definition) is 3. The van der Waals surface area contributed by atoms with Crippen LogP contribution in [-0.2, 0) is 0 Å². The molecule has 0 spiro atoms. The van der Waals surface area contributed by atoms with E-state index in [0.29, 0.717) is 18.3 Å². The number of nitrogens with one attached hydrogen (secondary N) is 1. The number of rotatable bonds is 4. The summed E-state index contributed by atoms with van der Waals surface area (Å²) in [5, 5.41) is 4.43. The average molecular weight is 286 g/mol. The summed E-state index contributed by atoms with van der Waals surface area (Å²) in [6.07, 6.45) is 2.34. The van der Waals surface area contributed by atoms with Gasteiger partial charge in [0.25, 0.3) is 5.91 Å². The van der Waals surface area contributed by atoms with Gasteiger partial charge >= 0.3 is 0 Å². The molecule has 1 saturated heterocycles. The molecule has 21 heavy (non-hydrogen) atoms. The normalized spacial score (nSPS) is 18.3. The van der Waals surface area contributed by atoms with Crippen LogP contribution in [0.1, 0.15) is 35.9 Å². The smallest absolute Gasteiger partial charge is 0.289 e. The first kappa shape index (κ1) is 14.1. The summed E-state index contributed by atoms with van der Waals surface area (Å²) in [5.41, 5.74) is 1.95. The highest BCUT2D eigenvalue weighted by atomic mass is 16.3. The first-order chi connectivity index (χ1) is 10.2. The zero-order valence-electron chi connectivity index (χ0n) is 12.7. The van der Waals surface area contributed by atoms with E-state index in [2.05, 4.69) is 5.32 Å². The minimum absolute atomic E-state index is 0.0138. The van der Waals surface area contributed by atoms with Crippen LogP contribution >= 0.6 is 0 Å². The molecule has 1 aromatic heterocycles. The van der Waals surface area contributed by atoms with Crippen LogP contribution in [0.4, 0.5) is 0 Å². The molecule has 4 heteroatoms. The summed E-state index contributed by atoms with van der Waals surface area (Å²) in [5.74, 6) is 0.426. The third-order valence-corrected chi connectivity index (χ3v) is 4.15. The predicted octanol–water partition coefficient (Wildman–Crippen LogP) is 2.96. The predicted molar refractivity (Wildman–Crippen MR) is 83.6 cm³/mol. The molecule has 2 aromatic rings. The second-order valence-electron chi connectivity index (χ2n) is 5.79. The number of furan rings is 1. The summed E-state index contributed by atoms with van der Waals surface area (Å²) in [6.45, 7) is 6.57. The second-order valence-corrected chi connectivity index (χ2v) is 5.79. The molecule has 0 aliphatic carbocycles. The molecule has 2 heterocycles. The molecule has 0 bridgehead atoms. The lowest BCUT2D eigenvalue weighted by molar-refractivity contribution is 0.0721. The Morgan fingerprint density at radius 1 is 1.43 bits per heavy atom. The Morgan fingerprint density at radius 2 is 2.29 bits per heavy atom. The number of benzene rings is 1. The van der Waals surface area contributed by atoms with Crippen molar-refractivity contribution in [2.24, 2.45) is 0 Å². The molecule has 1 N–H and O–H groups in total. The van der Waals surface area contributed by atoms with Crippen LogP contribution in [0.5, 0.6) is 0 Å². The van der Waals surface area contributed by atoms with Gasteiger partial charge in [-0.25, -0.2) is 0 Å². The maximum Gasteiger partial charge on any atom is 0.289 e. The molecule has 112 valence electrons. The highest BCUT2D eigenvalue weighted by molar-refractivity contribution is 5.96. The third kappa shape index (κ3) is 2.95. The number of aryl methyl sites for hydroxylation is 1. The molecule has 1 fully saturated rings. The van der Waals surface area contributed by atoms with Crippen molar-refractivity contribution < 1.29 is 9.21 Å². The molecule has 1 atom stereocenters. The van der Waals surface area contributed by atoms with Crippen LogP contribution in [0, 0.1) is 6.92 Å². The van der Waals surface area contributed by atoms with Gasteiger partial charge in [0.15, 0.2) is 5.76 Å². The van der Waals surface area contributed by atoms with E-state index in [9.17, 15) is 4.79 Å². The molecular weight excluding hydrogens is 264 g/mol. The molecule has 1 aliphatic heterocycles. The Balaban J connectivity index is 1.80. The van der Waals surface area contributed by atoms with Gasteiger partial charge in [-0.3, -0.25) is 4.79 Å². The van der Waals surface area contributed by atoms with Crippen molar-refractivity contribution in [2.45, 2.75) is 32.7 Å². The van der Waals surface area contributed by atoms with Gasteiger partial charge < -0.3 is 14.6 Å². The molecule has 0 saturated carbocycles. The van der Waals surface area contributed by atoms with Gasteiger partial charge in [-0.05, 0) is 51.4 Å². The Morgan fingerprint density at radius 3 is 3.00 bits per heavy atom. The average Bonchev–Trinajstić information content (AvgIpc) is 3.12. The van der Waals surface area contributed by atoms with Crippen molar-refractivity contribution in [2.75, 3.05) is 19.6 Å². The largest absolute Gasteiger partial charge is 0.451 e. The van der Waals surface area contributed by atoms with Crippen molar-refractivity contribution >= 4 is 16.9 Å². The summed E-state index contributed by atoms with van der Waals surface area (Å²) in [6, 6.07) is 8.25. The van der Waals surface area contributed by atoms with Crippen molar-refractivity contribution in [1.82, 2.24) is 10.2 Å². The highest BCUT2D eigenvalue weighted by Gasteiger charge is 2.23. The first-order valence-electron chi connectivity index (χ1n) is 7.70. The Labute approximate surface area is 125 Å². The number of likely N-dealkylation sites (N-methyl/N-ethyl adjacent to an activating group) is 1. The standard InChI is InChI=1S/C17H22N2O2/c1-3-19(11-14-5-4-8-18-14)17(20)16-10-13-9-12(2)6-7-15(13)21-16/h6-7,9-10,14,18H,3-5,8,11H2,1-2H3. The van der Waals surface area contributed by atoms with Crippen molar-refractivity contribution in [3.8, 4) is 0 Å². The van der Waals surface area contributed by atoms with Crippen molar-refractivity contribution in [3.05, 3.63) is 35.6 Å². The quantitative estimate of drug-likeness (QED) is 0.940. The maximum absolute atomic E-state index is 12.6. The van der Waals surface area contributed by atoms with E-state index in [1.165, 1.54) is 12.0 Å². The van der Waals surface area contributed by atoms with E-state index in [1.807, 2.05) is 43.0 Å². The van der Waals surface area contributed by atoms with Crippen molar-refractivity contribution in [1.29, 1.82) is 0 Å². The number of carbonyl (C=O) groups excluding carboxylic acids is 1. The lowest BCUT2D eigenvalue weighted by atomic mass is 10.2. The second kappa shape index (κ2) is 5.90. The van der Waals surface area contributed by atoms with Crippen LogP contribution in [0.25, 0.3) is 11.0 Å². The molecule has 4 nitrogen and oxygen atoms in total. The number of amides is 1. The fraction of sp³-hybridized carbons (Fsp3) is 0.471. The minimum atomic E-state index is -0.0138. The molecule has 1 aromatic carbocycles. The molecule has 1 aliphatic rings. The number of hydrogen-bond donors (Lipinski definition) is 1. The molecular formula is C17H22N2O2. The number of fused-ring (bicyclic) bond motifs is 1. The van der Waals surface area contributed by atoms with Crippen LogP contribution in [0.3, 0.4) is 0 Å². The minimum Gasteiger partial charge on any atom is -0.451 e. The topological polar surface area (TPSA) is 45.5 Å². The zero-order chi connectivity index (χ0) is 14.8. The molecule has 1 unspecified atom stereocenters. The SMILES string of the molecule is CCN(CC1CCCN1)C(=O)c1cc2cc(C)ccc2o1. The number of nitrogens with zero attached hydrogens (tertiary/aromatic N) is 1. The van der Waals surface area contributed by atoms with E-state index >= 15 is 0 Å². The number of carbonyl (C=O) groups is 1. The van der Waals surface area contributed by atoms with Crippen LogP contribution in [-0.4, -0.2) is 36.5 Å². The van der Waals surface area contributed by atoms with Gasteiger partial charge in [-0.1, -0.05) is 11.6 Å². The van der Waals surface area contributed by atoms with Crippen LogP contribution < -0.4 is 5.32 Å². The summed E-state index contributed by atoms with van der Waals surface area (Å²) >= 11 is 0. The van der Waals surface area contributed by atoms with Crippen molar-refractivity contribution in [3.63, 3.8) is 0 Å². The monoisotopic (exact) mass is 286 g/mol. The molecule has 3 rings (SSSR count). The zero-order valence-corrected chi connectivity index (χ0v) is 12.7. The van der Waals surface area contributed by atoms with Gasteiger partial charge in [0.2, 0.25) is 0 Å². The van der Waals surface area contributed by atoms with Gasteiger partial charge in [0, 0.05) is 24.5 Å². The van der Waals surface area contributed by atoms with E-state index in [1.54, 1.807) is 0 Å². The third-order valence-electron chi connectivity index (χ3n) is 4.15. The van der Waals surface area contributed by atoms with E-state index in [-0.39, 0.29) is 5.91 Å². The summed E-state index contributed by atoms with van der Waals surface area (Å²) in [7, 11) is 0. The fourth-order valence-corrected chi connectivity index (χ4v) is 2.96. The summed E-state index contributed by atoms with van der Waals surface area (Å²) < 4.78 is 5.72. The van der Waals surface area contributed by atoms with Crippen LogP contribution in [0.15, 0.2) is 28.7 Å². The van der Waals surface area contributed by atoms with Gasteiger partial charge in [-0.15, -0.1) is 0 Å². The Hall–Kier alpha value is -1.81. The van der Waals surface area contributed by atoms with E-state index < -0.39 is 0 Å². The van der Waals surface area contributed by atoms with Gasteiger partial charge in [0.1, 0.15) is 5.58 Å². The highest BCUT2D eigenvalue weighted by Crippen LogP contribution is 2.22. The van der Waals surface area contributed by atoms with E-state index in [4.69, 9.17) is 4.42 Å². The lowest BCUT2D eigenvalue weighted by Crippen LogP contribution is -2.40. The van der Waals surface area contributed by atoms with E-state index in [0.717, 1.165) is 30.5 Å². The first-order valence-corrected chi connectivity index (χ1v) is 7.70. The maximum atomic E-state index is 12.6. The van der Waals surface area contributed by atoms with Crippen LogP contribution in [0.2, 0.25) is 0 Å². The molecule has 1 amide bonds. The fourth-order valence-electron chi connectivity index (χ4n) is 2.96. The van der Waals surface area contributed by atoms with Gasteiger partial charge in [0.05, 0.1) is 0 Å². The summed E-state index contributed by atoms with van der Waals surface area (Å²) in [4.78, 5) is 14.5. The van der Waals surface area contributed by atoms with Gasteiger partial charge in [-0.2, -0.15) is 0 Å².